The summed E-state index contributed by atoms with van der Waals surface area (Å²) in [5.74, 6) is 1.87. The van der Waals surface area contributed by atoms with Crippen molar-refractivity contribution in [2.75, 3.05) is 10.9 Å². The van der Waals surface area contributed by atoms with E-state index in [2.05, 4.69) is 113 Å². The Kier molecular flexibility index (Phi) is 5.82. The molecule has 0 saturated heterocycles. The Labute approximate surface area is 289 Å². The monoisotopic (exact) mass is 662 g/mol. The lowest BCUT2D eigenvalue weighted by Gasteiger charge is -2.12. The second kappa shape index (κ2) is 10.7. The van der Waals surface area contributed by atoms with Gasteiger partial charge in [0.25, 0.3) is 0 Å². The quantitative estimate of drug-likeness (QED) is 0.194. The van der Waals surface area contributed by atoms with Crippen molar-refractivity contribution in [3.63, 3.8) is 0 Å². The zero-order chi connectivity index (χ0) is 33.5. The van der Waals surface area contributed by atoms with Crippen LogP contribution in [0.1, 0.15) is 11.1 Å². The summed E-state index contributed by atoms with van der Waals surface area (Å²) in [6, 6.07) is 37.8. The van der Waals surface area contributed by atoms with Gasteiger partial charge in [0.1, 0.15) is 11.6 Å². The zero-order valence-corrected chi connectivity index (χ0v) is 26.9. The fraction of sp³-hybridized carbons (Fsp3) is 0.0500. The summed E-state index contributed by atoms with van der Waals surface area (Å²) in [4.78, 5) is 9.70. The highest BCUT2D eigenvalue weighted by atomic mass is 16.3. The standard InChI is InChI=1S/C40H26N10O/c1-3-7-25(8-4-1)49-35-15-23(11-13-27(35)31-19-43-47-45-39(31)49)33-17-29-30-18-34(42-22-38(30)51-37(29)21-41-33)24-12-14-28-32-20-44-48-46-40(32)50(36(28)16-24)26-9-5-2-6-10-26/h1-18,21-22H,19-20H2,(H,43,45)(H,44,46). The third-order valence-electron chi connectivity index (χ3n) is 9.92. The number of furan rings is 1. The maximum atomic E-state index is 6.25. The maximum absolute atomic E-state index is 6.25. The van der Waals surface area contributed by atoms with Crippen LogP contribution in [0, 0.1) is 0 Å². The average Bonchev–Trinajstić information content (AvgIpc) is 3.85. The molecule has 7 heterocycles. The van der Waals surface area contributed by atoms with Crippen molar-refractivity contribution in [2.45, 2.75) is 13.1 Å². The van der Waals surface area contributed by atoms with Gasteiger partial charge in [0.05, 0.1) is 47.9 Å². The molecule has 9 aromatic rings. The Hall–Kier alpha value is -7.14. The van der Waals surface area contributed by atoms with Crippen LogP contribution in [0.2, 0.25) is 0 Å². The molecule has 4 aromatic carbocycles. The van der Waals surface area contributed by atoms with E-state index in [1.807, 2.05) is 48.8 Å². The molecule has 0 aliphatic carbocycles. The number of nitrogens with one attached hydrogen (secondary N) is 2. The van der Waals surface area contributed by atoms with E-state index in [0.717, 1.165) is 89.2 Å². The molecule has 51 heavy (non-hydrogen) atoms. The second-order valence-electron chi connectivity index (χ2n) is 12.7. The number of anilines is 2. The summed E-state index contributed by atoms with van der Waals surface area (Å²) in [7, 11) is 0. The Bertz CT molecular complexity index is 2720. The summed E-state index contributed by atoms with van der Waals surface area (Å²) in [5.41, 5.74) is 17.9. The van der Waals surface area contributed by atoms with Crippen molar-refractivity contribution in [3.8, 4) is 33.9 Å². The molecule has 11 heteroatoms. The zero-order valence-electron chi connectivity index (χ0n) is 26.9. The highest BCUT2D eigenvalue weighted by Gasteiger charge is 2.23. The molecule has 0 radical (unpaired) electrons. The lowest BCUT2D eigenvalue weighted by atomic mass is 10.0. The molecule has 5 aromatic heterocycles. The minimum atomic E-state index is 0.523. The van der Waals surface area contributed by atoms with Gasteiger partial charge < -0.3 is 4.42 Å². The Morgan fingerprint density at radius 1 is 0.510 bits per heavy atom. The molecule has 2 aliphatic heterocycles. The third-order valence-corrected chi connectivity index (χ3v) is 9.92. The Morgan fingerprint density at radius 2 is 0.980 bits per heavy atom. The van der Waals surface area contributed by atoms with Gasteiger partial charge in [0.15, 0.2) is 11.2 Å². The van der Waals surface area contributed by atoms with E-state index < -0.39 is 0 Å². The number of rotatable bonds is 4. The van der Waals surface area contributed by atoms with Gasteiger partial charge >= 0.3 is 0 Å². The first kappa shape index (κ1) is 27.8. The van der Waals surface area contributed by atoms with Crippen LogP contribution in [0.5, 0.6) is 0 Å². The van der Waals surface area contributed by atoms with E-state index in [1.54, 1.807) is 0 Å². The fourth-order valence-corrected chi connectivity index (χ4v) is 7.55. The summed E-state index contributed by atoms with van der Waals surface area (Å²) in [6.07, 6.45) is 3.61. The van der Waals surface area contributed by atoms with Crippen molar-refractivity contribution in [1.82, 2.24) is 19.1 Å². The Morgan fingerprint density at radius 3 is 1.45 bits per heavy atom. The topological polar surface area (TPSA) is 122 Å². The number of aromatic nitrogens is 4. The molecule has 11 rings (SSSR count). The molecule has 2 N–H and O–H groups in total. The van der Waals surface area contributed by atoms with Crippen molar-refractivity contribution >= 4 is 55.4 Å². The first-order chi connectivity index (χ1) is 25.3. The summed E-state index contributed by atoms with van der Waals surface area (Å²) in [5, 5.41) is 21.0. The van der Waals surface area contributed by atoms with Crippen LogP contribution in [-0.2, 0) is 13.1 Å². The van der Waals surface area contributed by atoms with Crippen LogP contribution in [0.15, 0.2) is 147 Å². The molecular formula is C40H26N10O. The minimum absolute atomic E-state index is 0.523. The van der Waals surface area contributed by atoms with E-state index in [1.165, 1.54) is 0 Å². The first-order valence-corrected chi connectivity index (χ1v) is 16.7. The highest BCUT2D eigenvalue weighted by molar-refractivity contribution is 6.07. The molecule has 0 spiro atoms. The summed E-state index contributed by atoms with van der Waals surface area (Å²) in [6.45, 7) is 1.05. The average molecular weight is 663 g/mol. The number of hydrogen-bond donors (Lipinski definition) is 2. The second-order valence-corrected chi connectivity index (χ2v) is 12.7. The summed E-state index contributed by atoms with van der Waals surface area (Å²) >= 11 is 0. The highest BCUT2D eigenvalue weighted by Crippen LogP contribution is 2.41. The smallest absolute Gasteiger partial charge is 0.153 e. The molecule has 0 saturated carbocycles. The van der Waals surface area contributed by atoms with E-state index in [-0.39, 0.29) is 0 Å². The lowest BCUT2D eigenvalue weighted by molar-refractivity contribution is 0.665. The molecule has 0 unspecified atom stereocenters. The van der Waals surface area contributed by atoms with Crippen LogP contribution < -0.4 is 10.9 Å². The van der Waals surface area contributed by atoms with Crippen molar-refractivity contribution in [3.05, 3.63) is 133 Å². The Balaban J connectivity index is 1.04. The minimum Gasteiger partial charge on any atom is -0.453 e. The van der Waals surface area contributed by atoms with Crippen LogP contribution in [0.3, 0.4) is 0 Å². The van der Waals surface area contributed by atoms with E-state index in [4.69, 9.17) is 14.4 Å². The summed E-state index contributed by atoms with van der Waals surface area (Å²) < 4.78 is 10.7. The van der Waals surface area contributed by atoms with E-state index >= 15 is 0 Å². The van der Waals surface area contributed by atoms with E-state index in [9.17, 15) is 0 Å². The number of para-hydroxylation sites is 2. The predicted octanol–water partition coefficient (Wildman–Crippen LogP) is 10.2. The first-order valence-electron chi connectivity index (χ1n) is 16.7. The van der Waals surface area contributed by atoms with Gasteiger partial charge in [-0.1, -0.05) is 71.1 Å². The molecule has 242 valence electrons. The molecular weight excluding hydrogens is 637 g/mol. The van der Waals surface area contributed by atoms with E-state index in [0.29, 0.717) is 24.3 Å². The number of fused-ring (bicyclic) bond motifs is 9. The van der Waals surface area contributed by atoms with Crippen molar-refractivity contribution in [1.29, 1.82) is 0 Å². The van der Waals surface area contributed by atoms with Gasteiger partial charge in [-0.2, -0.15) is 10.2 Å². The largest absolute Gasteiger partial charge is 0.453 e. The molecule has 0 bridgehead atoms. The number of hydrogen-bond acceptors (Lipinski definition) is 9. The van der Waals surface area contributed by atoms with Crippen molar-refractivity contribution in [2.24, 2.45) is 20.7 Å². The normalized spacial score (nSPS) is 13.5. The third kappa shape index (κ3) is 4.18. The molecule has 11 nitrogen and oxygen atoms in total. The SMILES string of the molecule is c1ccc(-n2c3c(c4ccc(-c5cc6c(cn5)oc5cnc(-c7ccc8c9c(n(-c%10ccccc%10)c8c7)NN=NC9)cc56)cc42)CN=NN3)cc1. The fourth-order valence-electron chi connectivity index (χ4n) is 7.55. The lowest BCUT2D eigenvalue weighted by Crippen LogP contribution is -2.04. The van der Waals surface area contributed by atoms with Crippen LogP contribution in [0.25, 0.3) is 77.6 Å². The number of benzene rings is 4. The maximum Gasteiger partial charge on any atom is 0.153 e. The van der Waals surface area contributed by atoms with Crippen LogP contribution >= 0.6 is 0 Å². The van der Waals surface area contributed by atoms with Gasteiger partial charge in [-0.25, -0.2) is 10.9 Å². The van der Waals surface area contributed by atoms with Gasteiger partial charge in [0.2, 0.25) is 0 Å². The number of pyridine rings is 2. The molecule has 0 fully saturated rings. The van der Waals surface area contributed by atoms with Gasteiger partial charge in [-0.3, -0.25) is 19.1 Å². The van der Waals surface area contributed by atoms with Crippen LogP contribution in [-0.4, -0.2) is 19.1 Å². The van der Waals surface area contributed by atoms with Crippen molar-refractivity contribution < 1.29 is 4.42 Å². The number of nitrogens with zero attached hydrogens (tertiary/aromatic N) is 8. The van der Waals surface area contributed by atoms with Gasteiger partial charge in [0, 0.05) is 55.2 Å². The van der Waals surface area contributed by atoms with Crippen LogP contribution in [0.4, 0.5) is 11.6 Å². The molecule has 0 atom stereocenters. The molecule has 0 amide bonds. The molecule has 2 aliphatic rings. The van der Waals surface area contributed by atoms with Gasteiger partial charge in [-0.05, 0) is 48.5 Å². The van der Waals surface area contributed by atoms with Gasteiger partial charge in [-0.15, -0.1) is 0 Å². The predicted molar refractivity (Wildman–Crippen MR) is 198 cm³/mol.